The molecule has 0 aliphatic rings. The van der Waals surface area contributed by atoms with Gasteiger partial charge in [-0.15, -0.1) is 0 Å². The van der Waals surface area contributed by atoms with Crippen LogP contribution in [0.5, 0.6) is 0 Å². The maximum atomic E-state index is 13.6. The van der Waals surface area contributed by atoms with Crippen molar-refractivity contribution in [1.29, 1.82) is 0 Å². The van der Waals surface area contributed by atoms with Gasteiger partial charge in [-0.05, 0) is 32.9 Å². The highest BCUT2D eigenvalue weighted by Crippen LogP contribution is 2.25. The largest absolute Gasteiger partial charge is 0.480 e. The number of carboxylic acid groups (broad SMARTS) is 1. The predicted octanol–water partition coefficient (Wildman–Crippen LogP) is 1.70. The zero-order valence-electron chi connectivity index (χ0n) is 10.9. The lowest BCUT2D eigenvalue weighted by Crippen LogP contribution is -2.48. The highest BCUT2D eigenvalue weighted by molar-refractivity contribution is 7.89. The van der Waals surface area contributed by atoms with Crippen molar-refractivity contribution in [3.05, 3.63) is 30.1 Å². The van der Waals surface area contributed by atoms with E-state index in [9.17, 15) is 17.6 Å². The topological polar surface area (TPSA) is 74.7 Å². The average Bonchev–Trinajstić information content (AvgIpc) is 2.24. The number of hydrogen-bond donors (Lipinski definition) is 1. The minimum absolute atomic E-state index is 0.522. The molecular formula is C12H16FNO4S. The van der Waals surface area contributed by atoms with E-state index >= 15 is 0 Å². The zero-order valence-corrected chi connectivity index (χ0v) is 11.7. The number of benzene rings is 1. The van der Waals surface area contributed by atoms with Crippen LogP contribution < -0.4 is 0 Å². The molecule has 0 spiro atoms. The van der Waals surface area contributed by atoms with Gasteiger partial charge in [0.25, 0.3) is 0 Å². The van der Waals surface area contributed by atoms with Crippen LogP contribution in [0.1, 0.15) is 20.8 Å². The molecule has 19 heavy (non-hydrogen) atoms. The summed E-state index contributed by atoms with van der Waals surface area (Å²) >= 11 is 0. The Morgan fingerprint density at radius 1 is 1.32 bits per heavy atom. The number of carboxylic acids is 1. The third kappa shape index (κ3) is 3.51. The Kier molecular flexibility index (Phi) is 4.32. The quantitative estimate of drug-likeness (QED) is 0.915. The Labute approximate surface area is 111 Å². The molecule has 0 bridgehead atoms. The predicted molar refractivity (Wildman–Crippen MR) is 67.7 cm³/mol. The first-order valence-electron chi connectivity index (χ1n) is 5.56. The van der Waals surface area contributed by atoms with E-state index in [2.05, 4.69) is 0 Å². The molecule has 5 nitrogen and oxygen atoms in total. The molecule has 0 saturated carbocycles. The number of rotatable bonds is 4. The van der Waals surface area contributed by atoms with Gasteiger partial charge in [0.2, 0.25) is 10.0 Å². The molecule has 7 heteroatoms. The minimum Gasteiger partial charge on any atom is -0.480 e. The second-order valence-electron chi connectivity index (χ2n) is 5.01. The van der Waals surface area contributed by atoms with Crippen molar-refractivity contribution in [2.75, 3.05) is 6.54 Å². The third-order valence-corrected chi connectivity index (χ3v) is 4.58. The molecule has 0 aromatic heterocycles. The molecule has 106 valence electrons. The minimum atomic E-state index is -4.21. The average molecular weight is 289 g/mol. The summed E-state index contributed by atoms with van der Waals surface area (Å²) in [5.74, 6) is -2.20. The lowest BCUT2D eigenvalue weighted by atomic mass is 10.1. The first kappa shape index (κ1) is 15.6. The van der Waals surface area contributed by atoms with E-state index < -0.39 is 38.8 Å². The normalized spacial score (nSPS) is 12.7. The van der Waals surface area contributed by atoms with Crippen LogP contribution >= 0.6 is 0 Å². The van der Waals surface area contributed by atoms with Gasteiger partial charge in [0.15, 0.2) is 0 Å². The van der Waals surface area contributed by atoms with E-state index in [1.165, 1.54) is 12.1 Å². The van der Waals surface area contributed by atoms with E-state index in [-0.39, 0.29) is 0 Å². The maximum Gasteiger partial charge on any atom is 0.318 e. The summed E-state index contributed by atoms with van der Waals surface area (Å²) in [7, 11) is -4.21. The standard InChI is InChI=1S/C12H16FNO4S/c1-12(2,3)14(8-11(15)16)19(17,18)10-7-5-4-6-9(10)13/h4-7H,8H2,1-3H3,(H,15,16). The van der Waals surface area contributed by atoms with Crippen LogP contribution in [0.4, 0.5) is 4.39 Å². The molecule has 0 aliphatic heterocycles. The molecule has 0 fully saturated rings. The second-order valence-corrected chi connectivity index (χ2v) is 6.84. The molecule has 1 rings (SSSR count). The Balaban J connectivity index is 3.37. The van der Waals surface area contributed by atoms with Gasteiger partial charge in [-0.1, -0.05) is 12.1 Å². The van der Waals surface area contributed by atoms with Gasteiger partial charge in [0.1, 0.15) is 17.3 Å². The van der Waals surface area contributed by atoms with Gasteiger partial charge >= 0.3 is 5.97 Å². The fourth-order valence-corrected chi connectivity index (χ4v) is 3.38. The van der Waals surface area contributed by atoms with Crippen LogP contribution in [-0.2, 0) is 14.8 Å². The smallest absolute Gasteiger partial charge is 0.318 e. The Morgan fingerprint density at radius 2 is 1.84 bits per heavy atom. The number of nitrogens with zero attached hydrogens (tertiary/aromatic N) is 1. The van der Waals surface area contributed by atoms with Crippen molar-refractivity contribution in [2.45, 2.75) is 31.2 Å². The number of halogens is 1. The summed E-state index contributed by atoms with van der Waals surface area (Å²) in [6.45, 7) is 3.93. The number of aliphatic carboxylic acids is 1. The lowest BCUT2D eigenvalue weighted by Gasteiger charge is -2.33. The van der Waals surface area contributed by atoms with Gasteiger partial charge in [0, 0.05) is 5.54 Å². The lowest BCUT2D eigenvalue weighted by molar-refractivity contribution is -0.138. The summed E-state index contributed by atoms with van der Waals surface area (Å²) in [4.78, 5) is 10.3. The molecule has 1 aromatic rings. The van der Waals surface area contributed by atoms with Crippen molar-refractivity contribution in [3.8, 4) is 0 Å². The van der Waals surface area contributed by atoms with Crippen LogP contribution in [0.3, 0.4) is 0 Å². The first-order valence-corrected chi connectivity index (χ1v) is 7.00. The van der Waals surface area contributed by atoms with Crippen molar-refractivity contribution < 1.29 is 22.7 Å². The maximum absolute atomic E-state index is 13.6. The first-order chi connectivity index (χ1) is 8.56. The number of hydrogen-bond acceptors (Lipinski definition) is 3. The van der Waals surface area contributed by atoms with Crippen LogP contribution in [0.25, 0.3) is 0 Å². The zero-order chi connectivity index (χ0) is 14.8. The van der Waals surface area contributed by atoms with Gasteiger partial charge < -0.3 is 5.11 Å². The molecule has 0 radical (unpaired) electrons. The van der Waals surface area contributed by atoms with Gasteiger partial charge in [-0.3, -0.25) is 4.79 Å². The molecule has 1 aromatic carbocycles. The highest BCUT2D eigenvalue weighted by Gasteiger charge is 2.36. The van der Waals surface area contributed by atoms with Crippen LogP contribution in [0.15, 0.2) is 29.2 Å². The molecule has 0 atom stereocenters. The molecule has 0 amide bonds. The monoisotopic (exact) mass is 289 g/mol. The molecular weight excluding hydrogens is 273 g/mol. The van der Waals surface area contributed by atoms with Crippen LogP contribution in [-0.4, -0.2) is 35.9 Å². The van der Waals surface area contributed by atoms with Gasteiger partial charge in [-0.25, -0.2) is 12.8 Å². The third-order valence-electron chi connectivity index (χ3n) is 2.43. The van der Waals surface area contributed by atoms with E-state index in [0.29, 0.717) is 0 Å². The Morgan fingerprint density at radius 3 is 2.26 bits per heavy atom. The Hall–Kier alpha value is -1.47. The summed E-state index contributed by atoms with van der Waals surface area (Å²) in [5, 5.41) is 8.83. The van der Waals surface area contributed by atoms with E-state index in [0.717, 1.165) is 16.4 Å². The van der Waals surface area contributed by atoms with Crippen molar-refractivity contribution in [1.82, 2.24) is 4.31 Å². The van der Waals surface area contributed by atoms with Gasteiger partial charge in [0.05, 0.1) is 0 Å². The highest BCUT2D eigenvalue weighted by atomic mass is 32.2. The van der Waals surface area contributed by atoms with Gasteiger partial charge in [-0.2, -0.15) is 4.31 Å². The Bertz CT molecular complexity index is 578. The van der Waals surface area contributed by atoms with E-state index in [4.69, 9.17) is 5.11 Å². The molecule has 0 unspecified atom stereocenters. The summed E-state index contributed by atoms with van der Waals surface area (Å²) < 4.78 is 39.1. The molecule has 1 N–H and O–H groups in total. The van der Waals surface area contributed by atoms with Crippen molar-refractivity contribution in [3.63, 3.8) is 0 Å². The summed E-state index contributed by atoms with van der Waals surface area (Å²) in [5.41, 5.74) is -0.973. The van der Waals surface area contributed by atoms with Crippen LogP contribution in [0, 0.1) is 5.82 Å². The summed E-state index contributed by atoms with van der Waals surface area (Å²) in [6.07, 6.45) is 0. The number of sulfonamides is 1. The fraction of sp³-hybridized carbons (Fsp3) is 0.417. The summed E-state index contributed by atoms with van der Waals surface area (Å²) in [6, 6.07) is 4.89. The fourth-order valence-electron chi connectivity index (χ4n) is 1.58. The van der Waals surface area contributed by atoms with E-state index in [1.54, 1.807) is 20.8 Å². The van der Waals surface area contributed by atoms with Crippen molar-refractivity contribution >= 4 is 16.0 Å². The SMILES string of the molecule is CC(C)(C)N(CC(=O)O)S(=O)(=O)c1ccccc1F. The second kappa shape index (κ2) is 5.26. The van der Waals surface area contributed by atoms with E-state index in [1.807, 2.05) is 0 Å². The van der Waals surface area contributed by atoms with Crippen molar-refractivity contribution in [2.24, 2.45) is 0 Å². The molecule has 0 saturated heterocycles. The number of carbonyl (C=O) groups is 1. The van der Waals surface area contributed by atoms with Crippen LogP contribution in [0.2, 0.25) is 0 Å². The molecule has 0 heterocycles. The molecule has 0 aliphatic carbocycles.